The summed E-state index contributed by atoms with van der Waals surface area (Å²) in [4.78, 5) is 25.5. The van der Waals surface area contributed by atoms with Gasteiger partial charge in [-0.1, -0.05) is 18.2 Å². The third kappa shape index (κ3) is 3.01. The van der Waals surface area contributed by atoms with Gasteiger partial charge in [0.05, 0.1) is 12.1 Å². The zero-order valence-corrected chi connectivity index (χ0v) is 12.5. The summed E-state index contributed by atoms with van der Waals surface area (Å²) in [7, 11) is 0. The molecule has 0 aliphatic carbocycles. The fourth-order valence-electron chi connectivity index (χ4n) is 2.66. The number of H-pyrrole nitrogens is 1. The van der Waals surface area contributed by atoms with Crippen molar-refractivity contribution in [2.24, 2.45) is 0 Å². The van der Waals surface area contributed by atoms with Crippen LogP contribution in [0.1, 0.15) is 23.8 Å². The molecule has 2 amide bonds. The van der Waals surface area contributed by atoms with Crippen LogP contribution in [0.25, 0.3) is 10.9 Å². The normalized spacial score (nSPS) is 18.1. The quantitative estimate of drug-likeness (QED) is 0.900. The molecule has 8 heteroatoms. The lowest BCUT2D eigenvalue weighted by Crippen LogP contribution is -2.46. The summed E-state index contributed by atoms with van der Waals surface area (Å²) in [6.07, 6.45) is -0.344. The van der Waals surface area contributed by atoms with E-state index in [1.54, 1.807) is 18.2 Å². The molecule has 122 valence electrons. The molecule has 0 spiro atoms. The summed E-state index contributed by atoms with van der Waals surface area (Å²) in [6.45, 7) is 0.875. The average Bonchev–Trinajstić information content (AvgIpc) is 3.09. The minimum Gasteiger partial charge on any atom is -0.339 e. The highest BCUT2D eigenvalue weighted by molar-refractivity contribution is 6.05. The van der Waals surface area contributed by atoms with Crippen molar-refractivity contribution in [1.82, 2.24) is 20.4 Å². The van der Waals surface area contributed by atoms with Gasteiger partial charge in [-0.2, -0.15) is 5.10 Å². The van der Waals surface area contributed by atoms with Gasteiger partial charge in [0.1, 0.15) is 6.04 Å². The van der Waals surface area contributed by atoms with Gasteiger partial charge in [0.15, 0.2) is 5.69 Å². The lowest BCUT2D eigenvalue weighted by Gasteiger charge is -2.21. The van der Waals surface area contributed by atoms with Crippen molar-refractivity contribution in [3.63, 3.8) is 0 Å². The Labute approximate surface area is 130 Å². The number of benzene rings is 1. The van der Waals surface area contributed by atoms with Crippen molar-refractivity contribution in [3.05, 3.63) is 30.0 Å². The molecule has 0 saturated carbocycles. The summed E-state index contributed by atoms with van der Waals surface area (Å²) >= 11 is 0. The van der Waals surface area contributed by atoms with E-state index in [0.29, 0.717) is 10.9 Å². The van der Waals surface area contributed by atoms with Gasteiger partial charge in [-0.25, -0.2) is 8.78 Å². The first-order valence-electron chi connectivity index (χ1n) is 7.28. The summed E-state index contributed by atoms with van der Waals surface area (Å²) in [6, 6.07) is 6.20. The first kappa shape index (κ1) is 15.4. The molecule has 3 rings (SSSR count). The maximum atomic E-state index is 13.2. The molecule has 0 radical (unpaired) electrons. The topological polar surface area (TPSA) is 78.1 Å². The maximum Gasteiger partial charge on any atom is 0.273 e. The third-order valence-corrected chi connectivity index (χ3v) is 3.88. The average molecular weight is 322 g/mol. The number of aromatic nitrogens is 2. The molecule has 1 unspecified atom stereocenters. The van der Waals surface area contributed by atoms with Crippen molar-refractivity contribution < 1.29 is 18.4 Å². The number of aromatic amines is 1. The predicted molar refractivity (Wildman–Crippen MR) is 79.2 cm³/mol. The van der Waals surface area contributed by atoms with Gasteiger partial charge in [0.2, 0.25) is 5.91 Å². The van der Waals surface area contributed by atoms with E-state index in [4.69, 9.17) is 0 Å². The molecule has 1 aliphatic rings. The molecule has 2 heterocycles. The molecular weight excluding hydrogens is 306 g/mol. The van der Waals surface area contributed by atoms with Crippen LogP contribution in [0.15, 0.2) is 24.3 Å². The number of hydrogen-bond acceptors (Lipinski definition) is 3. The fourth-order valence-corrected chi connectivity index (χ4v) is 2.66. The fraction of sp³-hybridized carbons (Fsp3) is 0.400. The molecule has 1 aliphatic heterocycles. The Morgan fingerprint density at radius 3 is 2.83 bits per heavy atom. The Morgan fingerprint density at radius 2 is 2.13 bits per heavy atom. The third-order valence-electron chi connectivity index (χ3n) is 3.88. The second-order valence-corrected chi connectivity index (χ2v) is 5.68. The van der Waals surface area contributed by atoms with E-state index in [9.17, 15) is 18.4 Å². The number of amides is 2. The Kier molecular flexibility index (Phi) is 3.75. The smallest absolute Gasteiger partial charge is 0.273 e. The van der Waals surface area contributed by atoms with Gasteiger partial charge in [-0.3, -0.25) is 14.7 Å². The number of alkyl halides is 2. The number of carbonyl (C=O) groups is 2. The van der Waals surface area contributed by atoms with Crippen molar-refractivity contribution in [3.8, 4) is 0 Å². The van der Waals surface area contributed by atoms with E-state index in [-0.39, 0.29) is 18.7 Å². The van der Waals surface area contributed by atoms with Gasteiger partial charge in [-0.15, -0.1) is 0 Å². The highest BCUT2D eigenvalue weighted by Gasteiger charge is 2.41. The molecule has 1 saturated heterocycles. The van der Waals surface area contributed by atoms with Crippen LogP contribution in [0, 0.1) is 0 Å². The number of nitrogens with zero attached hydrogens (tertiary/aromatic N) is 2. The van der Waals surface area contributed by atoms with Crippen LogP contribution in [0.5, 0.6) is 0 Å². The van der Waals surface area contributed by atoms with Gasteiger partial charge in [0, 0.05) is 18.4 Å². The van der Waals surface area contributed by atoms with Crippen molar-refractivity contribution >= 4 is 22.7 Å². The van der Waals surface area contributed by atoms with Crippen LogP contribution < -0.4 is 5.32 Å². The Balaban J connectivity index is 1.69. The standard InChI is InChI=1S/C15H16F2N4O2/c1-9(14(23)21-7-6-15(16,17)8-21)18-13(22)12-10-4-2-3-5-11(10)19-20-12/h2-5,9H,6-8H2,1H3,(H,18,22)(H,19,20). The molecule has 2 N–H and O–H groups in total. The Hall–Kier alpha value is -2.51. The first-order chi connectivity index (χ1) is 10.9. The van der Waals surface area contributed by atoms with Crippen molar-refractivity contribution in [1.29, 1.82) is 0 Å². The molecule has 1 fully saturated rings. The number of hydrogen-bond donors (Lipinski definition) is 2. The van der Waals surface area contributed by atoms with Crippen LogP contribution in [-0.4, -0.2) is 52.0 Å². The summed E-state index contributed by atoms with van der Waals surface area (Å²) in [5, 5.41) is 9.84. The van der Waals surface area contributed by atoms with Crippen LogP contribution >= 0.6 is 0 Å². The van der Waals surface area contributed by atoms with E-state index in [0.717, 1.165) is 4.90 Å². The summed E-state index contributed by atoms with van der Waals surface area (Å²) in [5.74, 6) is -3.89. The number of likely N-dealkylation sites (tertiary alicyclic amines) is 1. The molecule has 1 aromatic heterocycles. The van der Waals surface area contributed by atoms with Crippen LogP contribution in [-0.2, 0) is 4.79 Å². The number of carbonyl (C=O) groups excluding carboxylic acids is 2. The van der Waals surface area contributed by atoms with E-state index in [1.807, 2.05) is 6.07 Å². The van der Waals surface area contributed by atoms with E-state index in [2.05, 4.69) is 15.5 Å². The zero-order valence-electron chi connectivity index (χ0n) is 12.5. The molecule has 6 nitrogen and oxygen atoms in total. The molecule has 1 aromatic carbocycles. The number of nitrogens with one attached hydrogen (secondary N) is 2. The van der Waals surface area contributed by atoms with Crippen LogP contribution in [0.3, 0.4) is 0 Å². The van der Waals surface area contributed by atoms with Crippen molar-refractivity contribution in [2.75, 3.05) is 13.1 Å². The Bertz CT molecular complexity index is 759. The molecule has 0 bridgehead atoms. The second kappa shape index (κ2) is 5.60. The highest BCUT2D eigenvalue weighted by atomic mass is 19.3. The van der Waals surface area contributed by atoms with Gasteiger partial charge < -0.3 is 10.2 Å². The first-order valence-corrected chi connectivity index (χ1v) is 7.28. The van der Waals surface area contributed by atoms with Crippen molar-refractivity contribution in [2.45, 2.75) is 25.3 Å². The largest absolute Gasteiger partial charge is 0.339 e. The molecule has 1 atom stereocenters. The Morgan fingerprint density at radius 1 is 1.39 bits per heavy atom. The molecule has 23 heavy (non-hydrogen) atoms. The lowest BCUT2D eigenvalue weighted by atomic mass is 10.2. The summed E-state index contributed by atoms with van der Waals surface area (Å²) < 4.78 is 26.4. The van der Waals surface area contributed by atoms with E-state index in [1.165, 1.54) is 6.92 Å². The SMILES string of the molecule is CC(NC(=O)c1n[nH]c2ccccc12)C(=O)N1CCC(F)(F)C1. The zero-order chi connectivity index (χ0) is 16.6. The molecule has 2 aromatic rings. The summed E-state index contributed by atoms with van der Waals surface area (Å²) in [5.41, 5.74) is 0.878. The lowest BCUT2D eigenvalue weighted by molar-refractivity contribution is -0.133. The number of fused-ring (bicyclic) bond motifs is 1. The monoisotopic (exact) mass is 322 g/mol. The minimum absolute atomic E-state index is 0.00260. The van der Waals surface area contributed by atoms with Gasteiger partial charge >= 0.3 is 0 Å². The predicted octanol–water partition coefficient (Wildman–Crippen LogP) is 1.55. The molecular formula is C15H16F2N4O2. The van der Waals surface area contributed by atoms with E-state index >= 15 is 0 Å². The second-order valence-electron chi connectivity index (χ2n) is 5.68. The van der Waals surface area contributed by atoms with Crippen LogP contribution in [0.4, 0.5) is 8.78 Å². The van der Waals surface area contributed by atoms with Gasteiger partial charge in [-0.05, 0) is 13.0 Å². The van der Waals surface area contributed by atoms with E-state index < -0.39 is 30.3 Å². The highest BCUT2D eigenvalue weighted by Crippen LogP contribution is 2.27. The number of halogens is 2. The number of para-hydroxylation sites is 1. The van der Waals surface area contributed by atoms with Gasteiger partial charge in [0.25, 0.3) is 11.8 Å². The number of rotatable bonds is 3. The minimum atomic E-state index is -2.85. The van der Waals surface area contributed by atoms with Crippen LogP contribution in [0.2, 0.25) is 0 Å². The maximum absolute atomic E-state index is 13.2.